The summed E-state index contributed by atoms with van der Waals surface area (Å²) in [6.07, 6.45) is 5.65. The first kappa shape index (κ1) is 15.4. The number of hydrazone groups is 1. The number of hydrogen-bond acceptors (Lipinski definition) is 3. The van der Waals surface area contributed by atoms with Crippen LogP contribution in [-0.4, -0.2) is 17.7 Å². The van der Waals surface area contributed by atoms with Crippen molar-refractivity contribution in [2.75, 3.05) is 0 Å². The van der Waals surface area contributed by atoms with Crippen LogP contribution in [0.4, 0.5) is 0 Å². The zero-order chi connectivity index (χ0) is 15.7. The highest BCUT2D eigenvalue weighted by Crippen LogP contribution is 2.40. The molecule has 0 heterocycles. The van der Waals surface area contributed by atoms with Crippen molar-refractivity contribution < 1.29 is 9.53 Å². The quantitative estimate of drug-likeness (QED) is 0.670. The van der Waals surface area contributed by atoms with Crippen molar-refractivity contribution >= 4 is 34.8 Å². The van der Waals surface area contributed by atoms with Gasteiger partial charge in [0.15, 0.2) is 6.10 Å². The maximum absolute atomic E-state index is 12.0. The molecule has 0 bridgehead atoms. The van der Waals surface area contributed by atoms with E-state index in [0.717, 1.165) is 18.6 Å². The third kappa shape index (κ3) is 3.13. The molecule has 22 heavy (non-hydrogen) atoms. The van der Waals surface area contributed by atoms with E-state index >= 15 is 0 Å². The number of nitrogens with one attached hydrogen (secondary N) is 1. The molecular weight excluding hydrogens is 323 g/mol. The van der Waals surface area contributed by atoms with Gasteiger partial charge < -0.3 is 4.74 Å². The maximum Gasteiger partial charge on any atom is 0.280 e. The Labute approximate surface area is 139 Å². The lowest BCUT2D eigenvalue weighted by molar-refractivity contribution is -0.127. The van der Waals surface area contributed by atoms with Crippen molar-refractivity contribution in [2.24, 2.45) is 16.9 Å². The summed E-state index contributed by atoms with van der Waals surface area (Å²) in [7, 11) is 0. The molecule has 0 spiro atoms. The van der Waals surface area contributed by atoms with Crippen LogP contribution in [0.3, 0.4) is 0 Å². The zero-order valence-corrected chi connectivity index (χ0v) is 13.6. The van der Waals surface area contributed by atoms with Crippen LogP contribution in [-0.2, 0) is 4.79 Å². The zero-order valence-electron chi connectivity index (χ0n) is 12.1. The van der Waals surface area contributed by atoms with Gasteiger partial charge in [-0.1, -0.05) is 35.4 Å². The fourth-order valence-electron chi connectivity index (χ4n) is 2.70. The van der Waals surface area contributed by atoms with Crippen molar-refractivity contribution in [2.45, 2.75) is 25.9 Å². The van der Waals surface area contributed by atoms with E-state index in [1.54, 1.807) is 25.1 Å². The van der Waals surface area contributed by atoms with E-state index in [1.165, 1.54) is 0 Å². The summed E-state index contributed by atoms with van der Waals surface area (Å²) in [5, 5.41) is 5.11. The maximum atomic E-state index is 12.0. The molecule has 3 atom stereocenters. The molecular formula is C16H16Cl2N2O2. The molecule has 3 rings (SSSR count). The molecule has 1 saturated carbocycles. The first-order valence-electron chi connectivity index (χ1n) is 7.19. The lowest BCUT2D eigenvalue weighted by Gasteiger charge is -2.31. The van der Waals surface area contributed by atoms with Crippen molar-refractivity contribution in [1.82, 2.24) is 5.43 Å². The Kier molecular flexibility index (Phi) is 4.41. The van der Waals surface area contributed by atoms with Gasteiger partial charge in [0.25, 0.3) is 5.91 Å². The Morgan fingerprint density at radius 3 is 3.00 bits per heavy atom. The van der Waals surface area contributed by atoms with Crippen LogP contribution in [0.15, 0.2) is 35.5 Å². The highest BCUT2D eigenvalue weighted by atomic mass is 35.5. The summed E-state index contributed by atoms with van der Waals surface area (Å²) in [5.74, 6) is 1.21. The van der Waals surface area contributed by atoms with E-state index in [2.05, 4.69) is 22.7 Å². The number of hydrogen-bond donors (Lipinski definition) is 1. The second-order valence-corrected chi connectivity index (χ2v) is 6.40. The third-order valence-corrected chi connectivity index (χ3v) is 4.57. The predicted molar refractivity (Wildman–Crippen MR) is 87.5 cm³/mol. The molecule has 2 aliphatic carbocycles. The Balaban J connectivity index is 1.55. The van der Waals surface area contributed by atoms with E-state index in [1.807, 2.05) is 0 Å². The van der Waals surface area contributed by atoms with Crippen LogP contribution >= 0.6 is 23.2 Å². The van der Waals surface area contributed by atoms with Crippen molar-refractivity contribution in [3.05, 3.63) is 40.4 Å². The second kappa shape index (κ2) is 6.31. The summed E-state index contributed by atoms with van der Waals surface area (Å²) in [6.45, 7) is 1.65. The van der Waals surface area contributed by atoms with Gasteiger partial charge in [0.05, 0.1) is 5.02 Å². The van der Waals surface area contributed by atoms with Gasteiger partial charge in [0, 0.05) is 16.7 Å². The Bertz CT molecular complexity index is 658. The first-order chi connectivity index (χ1) is 10.5. The van der Waals surface area contributed by atoms with E-state index in [0.29, 0.717) is 27.6 Å². The number of carbonyl (C=O) groups excluding carboxylic acids is 1. The molecule has 0 aliphatic heterocycles. The van der Waals surface area contributed by atoms with Crippen LogP contribution < -0.4 is 10.2 Å². The van der Waals surface area contributed by atoms with Crippen LogP contribution in [0.1, 0.15) is 19.8 Å². The van der Waals surface area contributed by atoms with Gasteiger partial charge >= 0.3 is 0 Å². The number of ether oxygens (including phenoxy) is 1. The number of fused-ring (bicyclic) bond motifs is 1. The molecule has 1 fully saturated rings. The van der Waals surface area contributed by atoms with Crippen LogP contribution in [0.25, 0.3) is 0 Å². The Morgan fingerprint density at radius 1 is 1.45 bits per heavy atom. The molecule has 6 heteroatoms. The molecule has 0 unspecified atom stereocenters. The molecule has 1 amide bonds. The molecule has 4 nitrogen and oxygen atoms in total. The smallest absolute Gasteiger partial charge is 0.280 e. The highest BCUT2D eigenvalue weighted by Gasteiger charge is 2.38. The van der Waals surface area contributed by atoms with Gasteiger partial charge in [-0.25, -0.2) is 5.43 Å². The minimum absolute atomic E-state index is 0.298. The number of amides is 1. The molecule has 0 radical (unpaired) electrons. The molecule has 0 saturated heterocycles. The summed E-state index contributed by atoms with van der Waals surface area (Å²) < 4.78 is 5.55. The molecule has 0 aromatic heterocycles. The largest absolute Gasteiger partial charge is 0.479 e. The molecule has 1 N–H and O–H groups in total. The van der Waals surface area contributed by atoms with Gasteiger partial charge in [-0.2, -0.15) is 5.10 Å². The van der Waals surface area contributed by atoms with Crippen LogP contribution in [0, 0.1) is 11.8 Å². The van der Waals surface area contributed by atoms with E-state index in [-0.39, 0.29) is 5.91 Å². The second-order valence-electron chi connectivity index (χ2n) is 5.55. The number of benzene rings is 1. The summed E-state index contributed by atoms with van der Waals surface area (Å²) in [6, 6.07) is 4.88. The molecule has 116 valence electrons. The van der Waals surface area contributed by atoms with Crippen LogP contribution in [0.2, 0.25) is 10.0 Å². The van der Waals surface area contributed by atoms with Crippen molar-refractivity contribution in [1.29, 1.82) is 0 Å². The third-order valence-electron chi connectivity index (χ3n) is 4.04. The number of allylic oxidation sites excluding steroid dienone is 2. The normalized spacial score (nSPS) is 25.5. The summed E-state index contributed by atoms with van der Waals surface area (Å²) >= 11 is 11.8. The first-order valence-corrected chi connectivity index (χ1v) is 7.95. The summed E-state index contributed by atoms with van der Waals surface area (Å²) in [5.41, 5.74) is 3.63. The highest BCUT2D eigenvalue weighted by molar-refractivity contribution is 6.35. The number of halogens is 2. The van der Waals surface area contributed by atoms with Crippen LogP contribution in [0.5, 0.6) is 5.75 Å². The SMILES string of the molecule is C[C@H](Oc1ccc(Cl)cc1Cl)C(=O)N/N=C1\C[C@@H]2C=CC[C@H]12. The average molecular weight is 339 g/mol. The monoisotopic (exact) mass is 338 g/mol. The number of rotatable bonds is 4. The van der Waals surface area contributed by atoms with Gasteiger partial charge in [0.2, 0.25) is 0 Å². The van der Waals surface area contributed by atoms with Crippen molar-refractivity contribution in [3.63, 3.8) is 0 Å². The number of carbonyl (C=O) groups is 1. The minimum atomic E-state index is -0.694. The standard InChI is InChI=1S/C16H16Cl2N2O2/c1-9(22-15-6-5-11(17)8-13(15)18)16(21)20-19-14-7-10-3-2-4-12(10)14/h2-3,5-6,8-10,12H,4,7H2,1H3,(H,20,21)/b19-14+/t9-,10-,12-/m0/s1. The van der Waals surface area contributed by atoms with Gasteiger partial charge in [-0.15, -0.1) is 0 Å². The van der Waals surface area contributed by atoms with E-state index < -0.39 is 6.10 Å². The van der Waals surface area contributed by atoms with Gasteiger partial charge in [0.1, 0.15) is 5.75 Å². The molecule has 1 aromatic carbocycles. The fraction of sp³-hybridized carbons (Fsp3) is 0.375. The topological polar surface area (TPSA) is 50.7 Å². The summed E-state index contributed by atoms with van der Waals surface area (Å²) in [4.78, 5) is 12.0. The fourth-order valence-corrected chi connectivity index (χ4v) is 3.15. The van der Waals surface area contributed by atoms with Gasteiger partial charge in [-0.3, -0.25) is 4.79 Å². The predicted octanol–water partition coefficient (Wildman–Crippen LogP) is 3.83. The molecule has 1 aromatic rings. The van der Waals surface area contributed by atoms with E-state index in [9.17, 15) is 4.79 Å². The number of nitrogens with zero attached hydrogens (tertiary/aromatic N) is 1. The Morgan fingerprint density at radius 2 is 2.27 bits per heavy atom. The lowest BCUT2D eigenvalue weighted by atomic mass is 9.74. The lowest BCUT2D eigenvalue weighted by Crippen LogP contribution is -2.38. The van der Waals surface area contributed by atoms with Gasteiger partial charge in [-0.05, 0) is 43.9 Å². The Hall–Kier alpha value is -1.52. The average Bonchev–Trinajstić information content (AvgIpc) is 2.83. The van der Waals surface area contributed by atoms with Crippen molar-refractivity contribution in [3.8, 4) is 5.75 Å². The van der Waals surface area contributed by atoms with E-state index in [4.69, 9.17) is 27.9 Å². The molecule has 2 aliphatic rings. The minimum Gasteiger partial charge on any atom is -0.479 e.